The summed E-state index contributed by atoms with van der Waals surface area (Å²) in [6.07, 6.45) is 2.61. The smallest absolute Gasteiger partial charge is 0.270 e. The Morgan fingerprint density at radius 2 is 2.17 bits per heavy atom. The standard InChI is InChI=1S/C20H21N5O4/c21-11-15-3-1-4-22-20(15)24-6-2-5-23(7-8-24)12-16-9-18(25(26)27)10-17-13-28-14-29-19(16)17/h1,3-4,9-10H,2,5-8,12-14H2. The molecule has 0 radical (unpaired) electrons. The van der Waals surface area contributed by atoms with Gasteiger partial charge in [-0.15, -0.1) is 0 Å². The van der Waals surface area contributed by atoms with Crippen LogP contribution < -0.4 is 9.64 Å². The Morgan fingerprint density at radius 3 is 3.00 bits per heavy atom. The third-order valence-corrected chi connectivity index (χ3v) is 5.17. The minimum absolute atomic E-state index is 0.0523. The highest BCUT2D eigenvalue weighted by Crippen LogP contribution is 2.33. The first-order chi connectivity index (χ1) is 14.2. The van der Waals surface area contributed by atoms with Crippen molar-refractivity contribution in [3.63, 3.8) is 0 Å². The maximum atomic E-state index is 11.3. The molecule has 29 heavy (non-hydrogen) atoms. The second kappa shape index (κ2) is 8.43. The molecule has 1 fully saturated rings. The molecule has 2 aliphatic rings. The van der Waals surface area contributed by atoms with E-state index < -0.39 is 0 Å². The second-order valence-corrected chi connectivity index (χ2v) is 7.06. The maximum Gasteiger partial charge on any atom is 0.270 e. The predicted molar refractivity (Wildman–Crippen MR) is 104 cm³/mol. The molecule has 0 N–H and O–H groups in total. The number of ether oxygens (including phenoxy) is 2. The Morgan fingerprint density at radius 1 is 1.28 bits per heavy atom. The molecule has 0 saturated carbocycles. The fraction of sp³-hybridized carbons (Fsp3) is 0.400. The summed E-state index contributed by atoms with van der Waals surface area (Å²) < 4.78 is 10.9. The summed E-state index contributed by atoms with van der Waals surface area (Å²) in [6.45, 7) is 4.17. The first kappa shape index (κ1) is 19.1. The molecule has 2 aromatic rings. The molecule has 1 aromatic carbocycles. The van der Waals surface area contributed by atoms with Gasteiger partial charge in [0.05, 0.1) is 17.1 Å². The third-order valence-electron chi connectivity index (χ3n) is 5.17. The van der Waals surface area contributed by atoms with Gasteiger partial charge >= 0.3 is 0 Å². The molecule has 4 rings (SSSR count). The number of pyridine rings is 1. The van der Waals surface area contributed by atoms with E-state index in [1.807, 2.05) is 0 Å². The number of rotatable bonds is 4. The quantitative estimate of drug-likeness (QED) is 0.574. The number of non-ortho nitro benzene ring substituents is 1. The van der Waals surface area contributed by atoms with Crippen molar-refractivity contribution in [2.75, 3.05) is 37.9 Å². The molecule has 9 nitrogen and oxygen atoms in total. The lowest BCUT2D eigenvalue weighted by Crippen LogP contribution is -2.31. The first-order valence-electron chi connectivity index (χ1n) is 9.49. The van der Waals surface area contributed by atoms with Gasteiger partial charge in [-0.3, -0.25) is 15.0 Å². The molecule has 0 spiro atoms. The zero-order valence-electron chi connectivity index (χ0n) is 15.9. The summed E-state index contributed by atoms with van der Waals surface area (Å²) in [6, 6.07) is 8.87. The van der Waals surface area contributed by atoms with E-state index in [9.17, 15) is 15.4 Å². The Balaban J connectivity index is 1.52. The van der Waals surface area contributed by atoms with E-state index in [1.165, 1.54) is 6.07 Å². The van der Waals surface area contributed by atoms with Crippen LogP contribution in [-0.4, -0.2) is 47.8 Å². The summed E-state index contributed by atoms with van der Waals surface area (Å²) in [5.41, 5.74) is 2.14. The van der Waals surface area contributed by atoms with Gasteiger partial charge in [-0.2, -0.15) is 5.26 Å². The van der Waals surface area contributed by atoms with Crippen molar-refractivity contribution in [1.29, 1.82) is 5.26 Å². The van der Waals surface area contributed by atoms with Gasteiger partial charge in [-0.1, -0.05) is 0 Å². The minimum Gasteiger partial charge on any atom is -0.467 e. The van der Waals surface area contributed by atoms with E-state index in [1.54, 1.807) is 24.4 Å². The monoisotopic (exact) mass is 395 g/mol. The number of nitro benzene ring substituents is 1. The SMILES string of the molecule is N#Cc1cccnc1N1CCCN(Cc2cc([N+](=O)[O-])cc3c2OCOC3)CC1. The lowest BCUT2D eigenvalue weighted by Gasteiger charge is -2.25. The van der Waals surface area contributed by atoms with Gasteiger partial charge in [-0.25, -0.2) is 4.98 Å². The largest absolute Gasteiger partial charge is 0.467 e. The van der Waals surface area contributed by atoms with Crippen LogP contribution in [0, 0.1) is 21.4 Å². The topological polar surface area (TPSA) is 105 Å². The van der Waals surface area contributed by atoms with Gasteiger partial charge in [0, 0.05) is 62.2 Å². The van der Waals surface area contributed by atoms with Crippen LogP contribution in [0.4, 0.5) is 11.5 Å². The van der Waals surface area contributed by atoms with Crippen molar-refractivity contribution in [2.24, 2.45) is 0 Å². The summed E-state index contributed by atoms with van der Waals surface area (Å²) in [5.74, 6) is 1.41. The van der Waals surface area contributed by atoms with Gasteiger partial charge in [0.15, 0.2) is 6.79 Å². The number of nitriles is 1. The van der Waals surface area contributed by atoms with Crippen molar-refractivity contribution in [3.05, 3.63) is 57.3 Å². The molecule has 9 heteroatoms. The summed E-state index contributed by atoms with van der Waals surface area (Å²) in [5, 5.41) is 20.7. The molecular weight excluding hydrogens is 374 g/mol. The van der Waals surface area contributed by atoms with Crippen LogP contribution >= 0.6 is 0 Å². The fourth-order valence-corrected chi connectivity index (χ4v) is 3.82. The molecule has 3 heterocycles. The van der Waals surface area contributed by atoms with E-state index >= 15 is 0 Å². The summed E-state index contributed by atoms with van der Waals surface area (Å²) >= 11 is 0. The van der Waals surface area contributed by atoms with Crippen LogP contribution in [0.2, 0.25) is 0 Å². The van der Waals surface area contributed by atoms with Crippen LogP contribution in [0.1, 0.15) is 23.1 Å². The van der Waals surface area contributed by atoms with E-state index in [-0.39, 0.29) is 17.4 Å². The van der Waals surface area contributed by atoms with Crippen molar-refractivity contribution in [2.45, 2.75) is 19.6 Å². The van der Waals surface area contributed by atoms with E-state index in [2.05, 4.69) is 20.9 Å². The highest BCUT2D eigenvalue weighted by molar-refractivity contribution is 5.53. The van der Waals surface area contributed by atoms with E-state index in [4.69, 9.17) is 9.47 Å². The van der Waals surface area contributed by atoms with Crippen molar-refractivity contribution in [3.8, 4) is 11.8 Å². The molecule has 0 bridgehead atoms. The van der Waals surface area contributed by atoms with Gasteiger partial charge in [-0.05, 0) is 18.6 Å². The normalized spacial score (nSPS) is 17.0. The number of fused-ring (bicyclic) bond motifs is 1. The first-order valence-corrected chi connectivity index (χ1v) is 9.49. The molecule has 150 valence electrons. The molecule has 0 amide bonds. The molecule has 2 aliphatic heterocycles. The highest BCUT2D eigenvalue weighted by atomic mass is 16.7. The number of nitrogens with zero attached hydrogens (tertiary/aromatic N) is 5. The number of benzene rings is 1. The van der Waals surface area contributed by atoms with Crippen molar-refractivity contribution in [1.82, 2.24) is 9.88 Å². The fourth-order valence-electron chi connectivity index (χ4n) is 3.82. The number of nitro groups is 1. The Kier molecular flexibility index (Phi) is 5.55. The summed E-state index contributed by atoms with van der Waals surface area (Å²) in [4.78, 5) is 19.7. The zero-order chi connectivity index (χ0) is 20.2. The second-order valence-electron chi connectivity index (χ2n) is 7.06. The lowest BCUT2D eigenvalue weighted by molar-refractivity contribution is -0.385. The lowest BCUT2D eigenvalue weighted by atomic mass is 10.1. The van der Waals surface area contributed by atoms with Crippen LogP contribution in [-0.2, 0) is 17.9 Å². The maximum absolute atomic E-state index is 11.3. The van der Waals surface area contributed by atoms with Crippen molar-refractivity contribution >= 4 is 11.5 Å². The highest BCUT2D eigenvalue weighted by Gasteiger charge is 2.24. The third kappa shape index (κ3) is 4.13. The molecule has 1 aromatic heterocycles. The van der Waals surface area contributed by atoms with Crippen LogP contribution in [0.3, 0.4) is 0 Å². The minimum atomic E-state index is -0.382. The number of aromatic nitrogens is 1. The van der Waals surface area contributed by atoms with Crippen molar-refractivity contribution < 1.29 is 14.4 Å². The van der Waals surface area contributed by atoms with E-state index in [0.29, 0.717) is 35.8 Å². The predicted octanol–water partition coefficient (Wildman–Crippen LogP) is 2.44. The zero-order valence-corrected chi connectivity index (χ0v) is 15.9. The van der Waals surface area contributed by atoms with Gasteiger partial charge in [0.1, 0.15) is 17.6 Å². The molecular formula is C20H21N5O4. The van der Waals surface area contributed by atoms with Crippen LogP contribution in [0.5, 0.6) is 5.75 Å². The van der Waals surface area contributed by atoms with Gasteiger partial charge in [0.25, 0.3) is 5.69 Å². The molecule has 0 unspecified atom stereocenters. The Bertz CT molecular complexity index is 958. The number of hydrogen-bond acceptors (Lipinski definition) is 8. The Labute approximate surface area is 168 Å². The molecule has 0 aliphatic carbocycles. The number of anilines is 1. The average Bonchev–Trinajstić information content (AvgIpc) is 2.99. The Hall–Kier alpha value is -3.22. The van der Waals surface area contributed by atoms with Crippen LogP contribution in [0.25, 0.3) is 0 Å². The van der Waals surface area contributed by atoms with Gasteiger partial charge in [0.2, 0.25) is 0 Å². The number of hydrogen-bond donors (Lipinski definition) is 0. The summed E-state index contributed by atoms with van der Waals surface area (Å²) in [7, 11) is 0. The van der Waals surface area contributed by atoms with Crippen LogP contribution in [0.15, 0.2) is 30.5 Å². The molecule has 1 saturated heterocycles. The molecule has 0 atom stereocenters. The van der Waals surface area contributed by atoms with Gasteiger partial charge < -0.3 is 14.4 Å². The average molecular weight is 395 g/mol. The van der Waals surface area contributed by atoms with E-state index in [0.717, 1.165) is 38.2 Å².